The number of pyridine rings is 2. The molecule has 3 saturated heterocycles. The number of nitrogens with one attached hydrogen (secondary N) is 1. The monoisotopic (exact) mass is 522 g/mol. The van der Waals surface area contributed by atoms with Crippen molar-refractivity contribution in [2.75, 3.05) is 57.5 Å². The van der Waals surface area contributed by atoms with Crippen LogP contribution >= 0.6 is 0 Å². The molecule has 0 aliphatic carbocycles. The molecule has 7 rings (SSSR count). The normalized spacial score (nSPS) is 20.2. The number of morpholine rings is 1. The third kappa shape index (κ3) is 4.72. The van der Waals surface area contributed by atoms with Crippen LogP contribution in [-0.4, -0.2) is 84.6 Å². The van der Waals surface area contributed by atoms with Crippen molar-refractivity contribution in [3.63, 3.8) is 0 Å². The Kier molecular flexibility index (Phi) is 6.37. The Labute approximate surface area is 226 Å². The SMILES string of the molecule is N#Cc1nc(-c2ccnc3[nH]c(-c4ccc(N5CCOCC5)cc4)cc23)ccc1O[C@@H]1CCN(C2COC2)C1. The van der Waals surface area contributed by atoms with Crippen LogP contribution in [0.1, 0.15) is 12.1 Å². The van der Waals surface area contributed by atoms with Crippen molar-refractivity contribution in [1.29, 1.82) is 5.26 Å². The lowest BCUT2D eigenvalue weighted by Crippen LogP contribution is -2.48. The van der Waals surface area contributed by atoms with E-state index < -0.39 is 0 Å². The average molecular weight is 523 g/mol. The summed E-state index contributed by atoms with van der Waals surface area (Å²) in [4.78, 5) is 17.5. The van der Waals surface area contributed by atoms with Gasteiger partial charge in [-0.3, -0.25) is 4.90 Å². The largest absolute Gasteiger partial charge is 0.486 e. The molecule has 1 aromatic carbocycles. The molecule has 1 N–H and O–H groups in total. The number of hydrogen-bond acceptors (Lipinski definition) is 8. The minimum Gasteiger partial charge on any atom is -0.486 e. The Morgan fingerprint density at radius 1 is 1.00 bits per heavy atom. The summed E-state index contributed by atoms with van der Waals surface area (Å²) in [6, 6.07) is 19.2. The minimum atomic E-state index is 0.0554. The molecule has 3 fully saturated rings. The highest BCUT2D eigenvalue weighted by Gasteiger charge is 2.33. The van der Waals surface area contributed by atoms with Crippen molar-refractivity contribution in [1.82, 2.24) is 19.9 Å². The van der Waals surface area contributed by atoms with E-state index in [0.29, 0.717) is 17.5 Å². The molecule has 0 bridgehead atoms. The first kappa shape index (κ1) is 24.1. The molecule has 1 atom stereocenters. The second-order valence-corrected chi connectivity index (χ2v) is 10.3. The number of fused-ring (bicyclic) bond motifs is 1. The number of ether oxygens (including phenoxy) is 3. The molecule has 9 nitrogen and oxygen atoms in total. The zero-order valence-corrected chi connectivity index (χ0v) is 21.7. The van der Waals surface area contributed by atoms with Crippen LogP contribution < -0.4 is 9.64 Å². The summed E-state index contributed by atoms with van der Waals surface area (Å²) in [5.74, 6) is 0.540. The Morgan fingerprint density at radius 3 is 2.62 bits per heavy atom. The van der Waals surface area contributed by atoms with Crippen LogP contribution in [0.25, 0.3) is 33.5 Å². The Hall–Kier alpha value is -3.97. The summed E-state index contributed by atoms with van der Waals surface area (Å²) in [6.07, 6.45) is 2.77. The van der Waals surface area contributed by atoms with Crippen molar-refractivity contribution < 1.29 is 14.2 Å². The maximum Gasteiger partial charge on any atom is 0.183 e. The number of nitrogens with zero attached hydrogens (tertiary/aromatic N) is 5. The molecule has 39 heavy (non-hydrogen) atoms. The van der Waals surface area contributed by atoms with Crippen LogP contribution in [0.3, 0.4) is 0 Å². The highest BCUT2D eigenvalue weighted by molar-refractivity contribution is 5.95. The fraction of sp³-hybridized carbons (Fsp3) is 0.367. The number of aromatic nitrogens is 3. The molecular weight excluding hydrogens is 492 g/mol. The number of hydrogen-bond donors (Lipinski definition) is 1. The molecule has 4 aromatic rings. The first-order chi connectivity index (χ1) is 19.2. The maximum atomic E-state index is 9.89. The van der Waals surface area contributed by atoms with E-state index in [1.807, 2.05) is 18.2 Å². The second-order valence-electron chi connectivity index (χ2n) is 10.3. The van der Waals surface area contributed by atoms with Crippen LogP contribution in [0.5, 0.6) is 5.75 Å². The van der Waals surface area contributed by atoms with E-state index in [9.17, 15) is 5.26 Å². The van der Waals surface area contributed by atoms with Gasteiger partial charge in [0.05, 0.1) is 38.2 Å². The molecule has 0 spiro atoms. The van der Waals surface area contributed by atoms with Crippen LogP contribution in [0.15, 0.2) is 54.7 Å². The van der Waals surface area contributed by atoms with Crippen molar-refractivity contribution in [3.8, 4) is 34.3 Å². The van der Waals surface area contributed by atoms with E-state index in [0.717, 1.165) is 92.6 Å². The highest BCUT2D eigenvalue weighted by atomic mass is 16.5. The van der Waals surface area contributed by atoms with E-state index >= 15 is 0 Å². The Bertz CT molecular complexity index is 1520. The van der Waals surface area contributed by atoms with Gasteiger partial charge in [0.2, 0.25) is 0 Å². The lowest BCUT2D eigenvalue weighted by Gasteiger charge is -2.34. The number of likely N-dealkylation sites (tertiary alicyclic amines) is 1. The zero-order chi connectivity index (χ0) is 26.2. The van der Waals surface area contributed by atoms with Crippen LogP contribution in [0, 0.1) is 11.3 Å². The third-order valence-electron chi connectivity index (χ3n) is 7.93. The van der Waals surface area contributed by atoms with E-state index in [4.69, 9.17) is 19.2 Å². The average Bonchev–Trinajstić information content (AvgIpc) is 3.60. The summed E-state index contributed by atoms with van der Waals surface area (Å²) < 4.78 is 17.0. The van der Waals surface area contributed by atoms with Gasteiger partial charge in [-0.15, -0.1) is 0 Å². The van der Waals surface area contributed by atoms with Gasteiger partial charge in [-0.2, -0.15) is 5.26 Å². The predicted molar refractivity (Wildman–Crippen MR) is 148 cm³/mol. The van der Waals surface area contributed by atoms with Crippen molar-refractivity contribution in [2.24, 2.45) is 0 Å². The van der Waals surface area contributed by atoms with Crippen molar-refractivity contribution in [3.05, 3.63) is 60.4 Å². The summed E-state index contributed by atoms with van der Waals surface area (Å²) in [6.45, 7) is 6.80. The van der Waals surface area contributed by atoms with E-state index in [2.05, 4.69) is 56.2 Å². The van der Waals surface area contributed by atoms with Gasteiger partial charge >= 0.3 is 0 Å². The van der Waals surface area contributed by atoms with E-state index in [1.54, 1.807) is 6.20 Å². The number of rotatable bonds is 6. The summed E-state index contributed by atoms with van der Waals surface area (Å²) in [5, 5.41) is 10.8. The fourth-order valence-corrected chi connectivity index (χ4v) is 5.65. The first-order valence-corrected chi connectivity index (χ1v) is 13.6. The van der Waals surface area contributed by atoms with Gasteiger partial charge in [-0.05, 0) is 48.4 Å². The van der Waals surface area contributed by atoms with E-state index in [-0.39, 0.29) is 6.10 Å². The zero-order valence-electron chi connectivity index (χ0n) is 21.7. The molecular formula is C30H30N6O3. The van der Waals surface area contributed by atoms with Gasteiger partial charge in [0.15, 0.2) is 11.4 Å². The molecule has 3 aliphatic heterocycles. The van der Waals surface area contributed by atoms with E-state index in [1.165, 1.54) is 5.69 Å². The number of H-pyrrole nitrogens is 1. The summed E-state index contributed by atoms with van der Waals surface area (Å²) in [5.41, 5.74) is 6.01. The Morgan fingerprint density at radius 2 is 1.85 bits per heavy atom. The highest BCUT2D eigenvalue weighted by Crippen LogP contribution is 2.33. The summed E-state index contributed by atoms with van der Waals surface area (Å²) in [7, 11) is 0. The topological polar surface area (TPSA) is 99.5 Å². The molecule has 9 heteroatoms. The second kappa shape index (κ2) is 10.3. The predicted octanol–water partition coefficient (Wildman–Crippen LogP) is 3.85. The molecule has 6 heterocycles. The Balaban J connectivity index is 1.13. The van der Waals surface area contributed by atoms with Gasteiger partial charge in [0, 0.05) is 54.7 Å². The number of nitriles is 1. The molecule has 3 aliphatic rings. The number of aromatic amines is 1. The minimum absolute atomic E-state index is 0.0554. The lowest BCUT2D eigenvalue weighted by atomic mass is 10.1. The van der Waals surface area contributed by atoms with Crippen LogP contribution in [0.4, 0.5) is 5.69 Å². The van der Waals surface area contributed by atoms with Crippen LogP contribution in [0.2, 0.25) is 0 Å². The van der Waals surface area contributed by atoms with Gasteiger partial charge in [0.25, 0.3) is 0 Å². The number of benzene rings is 1. The first-order valence-electron chi connectivity index (χ1n) is 13.6. The molecule has 0 unspecified atom stereocenters. The molecule has 0 amide bonds. The maximum absolute atomic E-state index is 9.89. The summed E-state index contributed by atoms with van der Waals surface area (Å²) >= 11 is 0. The molecule has 198 valence electrons. The smallest absolute Gasteiger partial charge is 0.183 e. The lowest BCUT2D eigenvalue weighted by molar-refractivity contribution is -0.0592. The number of anilines is 1. The van der Waals surface area contributed by atoms with Crippen LogP contribution in [-0.2, 0) is 9.47 Å². The van der Waals surface area contributed by atoms with Gasteiger partial charge in [0.1, 0.15) is 17.8 Å². The quantitative estimate of drug-likeness (QED) is 0.408. The third-order valence-corrected chi connectivity index (χ3v) is 7.93. The molecule has 3 aromatic heterocycles. The van der Waals surface area contributed by atoms with Gasteiger partial charge in [-0.1, -0.05) is 12.1 Å². The van der Waals surface area contributed by atoms with Gasteiger partial charge in [-0.25, -0.2) is 9.97 Å². The fourth-order valence-electron chi connectivity index (χ4n) is 5.65. The van der Waals surface area contributed by atoms with Crippen molar-refractivity contribution in [2.45, 2.75) is 18.6 Å². The van der Waals surface area contributed by atoms with Crippen molar-refractivity contribution >= 4 is 16.7 Å². The molecule has 0 radical (unpaired) electrons. The van der Waals surface area contributed by atoms with Gasteiger partial charge < -0.3 is 24.1 Å². The standard InChI is InChI=1S/C30H30N6O3/c31-16-28-29(39-23-8-10-36(17-23)22-18-38-19-22)6-5-26(33-28)24-7-9-32-30-25(24)15-27(34-30)20-1-3-21(4-2-20)35-11-13-37-14-12-35/h1-7,9,15,22-23H,8,10-14,17-19H2,(H,32,34)/t23-/m1/s1. The molecule has 0 saturated carbocycles.